The maximum Gasteiger partial charge on any atom is 0.407 e. The summed E-state index contributed by atoms with van der Waals surface area (Å²) in [4.78, 5) is 51.6. The van der Waals surface area contributed by atoms with Crippen molar-refractivity contribution in [1.29, 1.82) is 0 Å². The van der Waals surface area contributed by atoms with Crippen molar-refractivity contribution >= 4 is 23.8 Å². The van der Waals surface area contributed by atoms with Crippen LogP contribution in [-0.4, -0.2) is 58.8 Å². The summed E-state index contributed by atoms with van der Waals surface area (Å²) >= 11 is 0. The van der Waals surface area contributed by atoms with Gasteiger partial charge in [0.05, 0.1) is 12.1 Å². The van der Waals surface area contributed by atoms with Crippen molar-refractivity contribution in [2.24, 2.45) is 11.7 Å². The SMILES string of the molecule is C[C@H](NC(=O)[C@H](Cc1ccccc1)C[C@@H](O)[C@H](Cc1ccccc1)NC(=O)OC(C)(C)C)C(=O)N[C@@H](Cc1ccccc1)C(N)=O. The van der Waals surface area contributed by atoms with E-state index < -0.39 is 59.6 Å². The number of amides is 4. The number of rotatable bonds is 15. The van der Waals surface area contributed by atoms with Crippen molar-refractivity contribution in [2.75, 3.05) is 0 Å². The maximum atomic E-state index is 13.7. The largest absolute Gasteiger partial charge is 0.444 e. The molecule has 0 unspecified atom stereocenters. The van der Waals surface area contributed by atoms with Crippen LogP contribution in [0.3, 0.4) is 0 Å². The summed E-state index contributed by atoms with van der Waals surface area (Å²) in [6.07, 6.45) is -1.04. The molecule has 5 atom stereocenters. The zero-order valence-corrected chi connectivity index (χ0v) is 26.9. The highest BCUT2D eigenvalue weighted by Gasteiger charge is 2.32. The first-order chi connectivity index (χ1) is 21.8. The Labute approximate surface area is 271 Å². The number of primary amides is 1. The molecule has 0 aliphatic heterocycles. The van der Waals surface area contributed by atoms with Crippen molar-refractivity contribution in [3.05, 3.63) is 108 Å². The number of hydrogen-bond donors (Lipinski definition) is 5. The van der Waals surface area contributed by atoms with E-state index in [2.05, 4.69) is 16.0 Å². The highest BCUT2D eigenvalue weighted by Crippen LogP contribution is 2.20. The molecule has 0 bridgehead atoms. The number of carbonyl (C=O) groups excluding carboxylic acids is 4. The third-order valence-corrected chi connectivity index (χ3v) is 7.38. The minimum absolute atomic E-state index is 0.0136. The topological polar surface area (TPSA) is 160 Å². The predicted molar refractivity (Wildman–Crippen MR) is 176 cm³/mol. The van der Waals surface area contributed by atoms with Crippen LogP contribution in [0.15, 0.2) is 91.0 Å². The van der Waals surface area contributed by atoms with Crippen LogP contribution in [0.1, 0.15) is 50.8 Å². The van der Waals surface area contributed by atoms with Gasteiger partial charge >= 0.3 is 6.09 Å². The number of aliphatic hydroxyl groups is 1. The van der Waals surface area contributed by atoms with Crippen LogP contribution in [0.5, 0.6) is 0 Å². The van der Waals surface area contributed by atoms with Crippen molar-refractivity contribution in [2.45, 2.75) is 83.2 Å². The van der Waals surface area contributed by atoms with E-state index in [1.807, 2.05) is 91.0 Å². The summed E-state index contributed by atoms with van der Waals surface area (Å²) in [7, 11) is 0. The number of alkyl carbamates (subject to hydrolysis) is 1. The van der Waals surface area contributed by atoms with Crippen LogP contribution in [0.4, 0.5) is 4.79 Å². The second-order valence-corrected chi connectivity index (χ2v) is 12.5. The van der Waals surface area contributed by atoms with Gasteiger partial charge in [-0.3, -0.25) is 14.4 Å². The maximum absolute atomic E-state index is 13.7. The monoisotopic (exact) mass is 630 g/mol. The third-order valence-electron chi connectivity index (χ3n) is 7.38. The lowest BCUT2D eigenvalue weighted by Gasteiger charge is -2.29. The molecule has 0 aromatic heterocycles. The van der Waals surface area contributed by atoms with E-state index in [0.717, 1.165) is 16.7 Å². The Balaban J connectivity index is 1.76. The Bertz CT molecular complexity index is 1410. The summed E-state index contributed by atoms with van der Waals surface area (Å²) in [5, 5.41) is 19.7. The van der Waals surface area contributed by atoms with Gasteiger partial charge in [0, 0.05) is 12.3 Å². The molecule has 0 aliphatic rings. The molecule has 3 aromatic carbocycles. The van der Waals surface area contributed by atoms with E-state index in [0.29, 0.717) is 6.42 Å². The lowest BCUT2D eigenvalue weighted by atomic mass is 9.88. The summed E-state index contributed by atoms with van der Waals surface area (Å²) in [5.74, 6) is -2.48. The smallest absolute Gasteiger partial charge is 0.407 e. The lowest BCUT2D eigenvalue weighted by molar-refractivity contribution is -0.132. The zero-order valence-electron chi connectivity index (χ0n) is 26.9. The van der Waals surface area contributed by atoms with Gasteiger partial charge in [0.15, 0.2) is 0 Å². The predicted octanol–water partition coefficient (Wildman–Crippen LogP) is 3.45. The fourth-order valence-electron chi connectivity index (χ4n) is 5.01. The van der Waals surface area contributed by atoms with Gasteiger partial charge in [0.25, 0.3) is 0 Å². The Hall–Kier alpha value is -4.70. The Morgan fingerprint density at radius 1 is 0.717 bits per heavy atom. The average Bonchev–Trinajstić information content (AvgIpc) is 3.00. The van der Waals surface area contributed by atoms with Gasteiger partial charge in [-0.15, -0.1) is 0 Å². The molecule has 0 saturated carbocycles. The summed E-state index contributed by atoms with van der Waals surface area (Å²) in [5.41, 5.74) is 7.40. The fourth-order valence-corrected chi connectivity index (χ4v) is 5.01. The molecule has 0 spiro atoms. The second kappa shape index (κ2) is 17.1. The second-order valence-electron chi connectivity index (χ2n) is 12.5. The van der Waals surface area contributed by atoms with Gasteiger partial charge in [-0.2, -0.15) is 0 Å². The molecule has 0 fully saturated rings. The van der Waals surface area contributed by atoms with Crippen molar-refractivity contribution in [3.8, 4) is 0 Å². The van der Waals surface area contributed by atoms with Crippen molar-refractivity contribution < 1.29 is 29.0 Å². The summed E-state index contributed by atoms with van der Waals surface area (Å²) in [6, 6.07) is 25.2. The first-order valence-electron chi connectivity index (χ1n) is 15.5. The van der Waals surface area contributed by atoms with Gasteiger partial charge in [-0.1, -0.05) is 91.0 Å². The van der Waals surface area contributed by atoms with Crippen LogP contribution in [0, 0.1) is 5.92 Å². The number of nitrogens with one attached hydrogen (secondary N) is 3. The van der Waals surface area contributed by atoms with Crippen LogP contribution >= 0.6 is 0 Å². The molecule has 10 nitrogen and oxygen atoms in total. The molecule has 10 heteroatoms. The minimum atomic E-state index is -1.14. The van der Waals surface area contributed by atoms with E-state index in [1.54, 1.807) is 20.8 Å². The first kappa shape index (κ1) is 35.8. The van der Waals surface area contributed by atoms with Gasteiger partial charge < -0.3 is 31.5 Å². The lowest BCUT2D eigenvalue weighted by Crippen LogP contribution is -2.54. The molecule has 246 valence electrons. The van der Waals surface area contributed by atoms with Gasteiger partial charge in [-0.05, 0) is 63.6 Å². The summed E-state index contributed by atoms with van der Waals surface area (Å²) < 4.78 is 5.45. The molecule has 0 aliphatic carbocycles. The summed E-state index contributed by atoms with van der Waals surface area (Å²) in [6.45, 7) is 6.77. The van der Waals surface area contributed by atoms with Gasteiger partial charge in [0.1, 0.15) is 17.7 Å². The standard InChI is InChI=1S/C36H46N4O6/c1-24(33(43)39-30(32(37)42)22-27-18-12-7-13-19-27)38-34(44)28(20-25-14-8-5-9-15-25)23-31(41)29(21-26-16-10-6-11-17-26)40-35(45)46-36(2,3)4/h5-19,24,28-31,41H,20-23H2,1-4H3,(H2,37,42)(H,38,44)(H,39,43)(H,40,45)/t24-,28+,29-,30-,31+/m0/s1. The van der Waals surface area contributed by atoms with E-state index in [1.165, 1.54) is 6.92 Å². The Morgan fingerprint density at radius 2 is 1.20 bits per heavy atom. The highest BCUT2D eigenvalue weighted by atomic mass is 16.6. The van der Waals surface area contributed by atoms with Crippen molar-refractivity contribution in [1.82, 2.24) is 16.0 Å². The number of ether oxygens (including phenoxy) is 1. The molecule has 6 N–H and O–H groups in total. The van der Waals surface area contributed by atoms with E-state index in [9.17, 15) is 24.3 Å². The van der Waals surface area contributed by atoms with E-state index in [-0.39, 0.29) is 19.3 Å². The molecule has 0 heterocycles. The molecule has 0 radical (unpaired) electrons. The number of benzene rings is 3. The molecular formula is C36H46N4O6. The van der Waals surface area contributed by atoms with E-state index in [4.69, 9.17) is 10.5 Å². The minimum Gasteiger partial charge on any atom is -0.444 e. The number of aliphatic hydroxyl groups excluding tert-OH is 1. The van der Waals surface area contributed by atoms with E-state index >= 15 is 0 Å². The zero-order chi connectivity index (χ0) is 33.7. The quantitative estimate of drug-likeness (QED) is 0.173. The molecule has 4 amide bonds. The normalized spacial score (nSPS) is 14.5. The van der Waals surface area contributed by atoms with Crippen LogP contribution in [0.25, 0.3) is 0 Å². The fraction of sp³-hybridized carbons (Fsp3) is 0.389. The van der Waals surface area contributed by atoms with Crippen LogP contribution < -0.4 is 21.7 Å². The number of hydrogen-bond acceptors (Lipinski definition) is 6. The molecule has 3 aromatic rings. The Morgan fingerprint density at radius 3 is 1.67 bits per heavy atom. The van der Waals surface area contributed by atoms with Crippen LogP contribution in [0.2, 0.25) is 0 Å². The number of carbonyl (C=O) groups is 4. The Kier molecular flexibility index (Phi) is 13.3. The molecular weight excluding hydrogens is 584 g/mol. The number of nitrogens with two attached hydrogens (primary N) is 1. The van der Waals surface area contributed by atoms with Crippen molar-refractivity contribution in [3.63, 3.8) is 0 Å². The van der Waals surface area contributed by atoms with Gasteiger partial charge in [-0.25, -0.2) is 4.79 Å². The molecule has 3 rings (SSSR count). The highest BCUT2D eigenvalue weighted by molar-refractivity contribution is 5.92. The molecule has 0 saturated heterocycles. The molecule has 46 heavy (non-hydrogen) atoms. The third kappa shape index (κ3) is 12.4. The average molecular weight is 631 g/mol. The van der Waals surface area contributed by atoms with Gasteiger partial charge in [0.2, 0.25) is 17.7 Å². The first-order valence-corrected chi connectivity index (χ1v) is 15.5. The van der Waals surface area contributed by atoms with Crippen LogP contribution in [-0.2, 0) is 38.4 Å².